The third-order valence-corrected chi connectivity index (χ3v) is 2.69. The fourth-order valence-electron chi connectivity index (χ4n) is 1.53. The van der Waals surface area contributed by atoms with Crippen molar-refractivity contribution in [1.82, 2.24) is 9.78 Å². The molecule has 1 rings (SSSR count). The van der Waals surface area contributed by atoms with Crippen molar-refractivity contribution in [3.05, 3.63) is 47.3 Å². The summed E-state index contributed by atoms with van der Waals surface area (Å²) in [4.78, 5) is 0. The molecule has 0 fully saturated rings. The van der Waals surface area contributed by atoms with E-state index in [1.807, 2.05) is 43.7 Å². The predicted molar refractivity (Wildman–Crippen MR) is 70.3 cm³/mol. The zero-order valence-electron chi connectivity index (χ0n) is 10.8. The lowest BCUT2D eigenvalue weighted by Crippen LogP contribution is -1.99. The van der Waals surface area contributed by atoms with Crippen molar-refractivity contribution in [3.8, 4) is 0 Å². The van der Waals surface area contributed by atoms with Crippen LogP contribution in [0, 0.1) is 20.8 Å². The van der Waals surface area contributed by atoms with Gasteiger partial charge in [0.25, 0.3) is 0 Å². The summed E-state index contributed by atoms with van der Waals surface area (Å²) < 4.78 is 1.99. The number of nitrogens with zero attached hydrogens (tertiary/aromatic N) is 2. The van der Waals surface area contributed by atoms with Gasteiger partial charge in [0.15, 0.2) is 0 Å². The molecule has 2 nitrogen and oxygen atoms in total. The number of aromatic nitrogens is 2. The van der Waals surface area contributed by atoms with E-state index in [0.29, 0.717) is 0 Å². The molecule has 0 saturated heterocycles. The zero-order valence-corrected chi connectivity index (χ0v) is 10.8. The van der Waals surface area contributed by atoms with Crippen LogP contribution in [-0.4, -0.2) is 9.78 Å². The first-order valence-corrected chi connectivity index (χ1v) is 5.60. The maximum Gasteiger partial charge on any atom is 0.0645 e. The number of allylic oxidation sites excluding steroid dienone is 6. The van der Waals surface area contributed by atoms with Crippen molar-refractivity contribution in [2.45, 2.75) is 34.6 Å². The Kier molecular flexibility index (Phi) is 4.29. The molecule has 0 aliphatic rings. The topological polar surface area (TPSA) is 17.8 Å². The number of aryl methyl sites for hydroxylation is 1. The molecule has 1 heterocycles. The summed E-state index contributed by atoms with van der Waals surface area (Å²) in [5.41, 5.74) is 4.64. The third-order valence-electron chi connectivity index (χ3n) is 2.69. The van der Waals surface area contributed by atoms with Crippen LogP contribution in [0.4, 0.5) is 0 Å². The molecule has 0 unspecified atom stereocenters. The Morgan fingerprint density at radius 1 is 1.12 bits per heavy atom. The molecule has 2 heteroatoms. The summed E-state index contributed by atoms with van der Waals surface area (Å²) in [6, 6.07) is 0. The second-order valence-corrected chi connectivity index (χ2v) is 3.82. The van der Waals surface area contributed by atoms with Gasteiger partial charge in [-0.3, -0.25) is 0 Å². The Morgan fingerprint density at radius 3 is 2.25 bits per heavy atom. The molecule has 0 saturated carbocycles. The van der Waals surface area contributed by atoms with Gasteiger partial charge in [-0.1, -0.05) is 18.2 Å². The van der Waals surface area contributed by atoms with E-state index in [1.54, 1.807) is 0 Å². The van der Waals surface area contributed by atoms with Crippen LogP contribution in [0.2, 0.25) is 0 Å². The van der Waals surface area contributed by atoms with E-state index in [4.69, 9.17) is 0 Å². The standard InChI is InChI=1S/C14H20N2/c1-6-8-10-14(9-7-2)16-13(5)11(3)12(4)15-16/h6-10H,1-5H3/b8-6-,9-7-,14-10+. The first-order chi connectivity index (χ1) is 7.61. The zero-order chi connectivity index (χ0) is 12.1. The van der Waals surface area contributed by atoms with Crippen molar-refractivity contribution in [2.24, 2.45) is 0 Å². The van der Waals surface area contributed by atoms with Gasteiger partial charge >= 0.3 is 0 Å². The highest BCUT2D eigenvalue weighted by atomic mass is 15.3. The second kappa shape index (κ2) is 5.50. The number of hydrogen-bond donors (Lipinski definition) is 0. The van der Waals surface area contributed by atoms with Crippen LogP contribution in [0.3, 0.4) is 0 Å². The number of hydrogen-bond acceptors (Lipinski definition) is 1. The van der Waals surface area contributed by atoms with Gasteiger partial charge in [-0.25, -0.2) is 4.68 Å². The van der Waals surface area contributed by atoms with Crippen LogP contribution in [-0.2, 0) is 0 Å². The van der Waals surface area contributed by atoms with Crippen molar-refractivity contribution >= 4 is 5.70 Å². The van der Waals surface area contributed by atoms with Crippen LogP contribution >= 0.6 is 0 Å². The Morgan fingerprint density at radius 2 is 1.81 bits per heavy atom. The van der Waals surface area contributed by atoms with Gasteiger partial charge in [0.2, 0.25) is 0 Å². The molecule has 0 amide bonds. The average molecular weight is 216 g/mol. The molecular weight excluding hydrogens is 196 g/mol. The van der Waals surface area contributed by atoms with Gasteiger partial charge in [-0.15, -0.1) is 0 Å². The Bertz CT molecular complexity index is 446. The quantitative estimate of drug-likeness (QED) is 0.703. The minimum Gasteiger partial charge on any atom is -0.238 e. The van der Waals surface area contributed by atoms with Crippen molar-refractivity contribution in [1.29, 1.82) is 0 Å². The molecule has 0 aliphatic carbocycles. The highest BCUT2D eigenvalue weighted by Gasteiger charge is 2.08. The van der Waals surface area contributed by atoms with Gasteiger partial charge in [-0.2, -0.15) is 5.10 Å². The van der Waals surface area contributed by atoms with Crippen LogP contribution in [0.15, 0.2) is 30.4 Å². The highest BCUT2D eigenvalue weighted by molar-refractivity contribution is 5.59. The van der Waals surface area contributed by atoms with Crippen LogP contribution in [0.1, 0.15) is 30.8 Å². The molecule has 0 atom stereocenters. The second-order valence-electron chi connectivity index (χ2n) is 3.82. The number of rotatable bonds is 3. The molecular formula is C14H20N2. The monoisotopic (exact) mass is 216 g/mol. The van der Waals surface area contributed by atoms with E-state index in [9.17, 15) is 0 Å². The molecule has 16 heavy (non-hydrogen) atoms. The van der Waals surface area contributed by atoms with Crippen molar-refractivity contribution < 1.29 is 0 Å². The Labute approximate surface area is 98.0 Å². The normalized spacial score (nSPS) is 13.2. The van der Waals surface area contributed by atoms with E-state index < -0.39 is 0 Å². The SMILES string of the molecule is C\C=C/C=C(\C=C/C)n1nc(C)c(C)c1C. The molecule has 0 spiro atoms. The molecule has 0 radical (unpaired) electrons. The summed E-state index contributed by atoms with van der Waals surface area (Å²) in [6.07, 6.45) is 10.2. The first-order valence-electron chi connectivity index (χ1n) is 5.60. The summed E-state index contributed by atoms with van der Waals surface area (Å²) in [7, 11) is 0. The van der Waals surface area contributed by atoms with E-state index in [2.05, 4.69) is 31.1 Å². The minimum atomic E-state index is 1.09. The van der Waals surface area contributed by atoms with Gasteiger partial charge in [0.05, 0.1) is 11.4 Å². The summed E-state index contributed by atoms with van der Waals surface area (Å²) >= 11 is 0. The van der Waals surface area contributed by atoms with E-state index in [0.717, 1.165) is 11.4 Å². The smallest absolute Gasteiger partial charge is 0.0645 e. The Hall–Kier alpha value is -1.57. The van der Waals surface area contributed by atoms with Gasteiger partial charge in [-0.05, 0) is 52.3 Å². The fourth-order valence-corrected chi connectivity index (χ4v) is 1.53. The summed E-state index contributed by atoms with van der Waals surface area (Å²) in [6.45, 7) is 10.3. The van der Waals surface area contributed by atoms with Gasteiger partial charge in [0, 0.05) is 5.69 Å². The lowest BCUT2D eigenvalue weighted by Gasteiger charge is -2.04. The molecule has 0 aliphatic heterocycles. The Balaban J connectivity index is 3.26. The van der Waals surface area contributed by atoms with E-state index in [-0.39, 0.29) is 0 Å². The highest BCUT2D eigenvalue weighted by Crippen LogP contribution is 2.16. The minimum absolute atomic E-state index is 1.09. The molecule has 0 bridgehead atoms. The summed E-state index contributed by atoms with van der Waals surface area (Å²) in [5.74, 6) is 0. The predicted octanol–water partition coefficient (Wildman–Crippen LogP) is 3.80. The molecule has 0 aromatic carbocycles. The van der Waals surface area contributed by atoms with E-state index >= 15 is 0 Å². The molecule has 1 aromatic rings. The van der Waals surface area contributed by atoms with Crippen LogP contribution < -0.4 is 0 Å². The van der Waals surface area contributed by atoms with Crippen LogP contribution in [0.25, 0.3) is 5.70 Å². The van der Waals surface area contributed by atoms with Crippen molar-refractivity contribution in [2.75, 3.05) is 0 Å². The molecule has 0 N–H and O–H groups in total. The summed E-state index contributed by atoms with van der Waals surface area (Å²) in [5, 5.41) is 4.54. The van der Waals surface area contributed by atoms with Gasteiger partial charge in [0.1, 0.15) is 0 Å². The van der Waals surface area contributed by atoms with Crippen LogP contribution in [0.5, 0.6) is 0 Å². The average Bonchev–Trinajstić information content (AvgIpc) is 2.52. The van der Waals surface area contributed by atoms with Gasteiger partial charge < -0.3 is 0 Å². The lowest BCUT2D eigenvalue weighted by molar-refractivity contribution is 0.859. The third kappa shape index (κ3) is 2.51. The maximum absolute atomic E-state index is 4.54. The van der Waals surface area contributed by atoms with E-state index in [1.165, 1.54) is 11.3 Å². The largest absolute Gasteiger partial charge is 0.238 e. The molecule has 1 aromatic heterocycles. The maximum atomic E-state index is 4.54. The first kappa shape index (κ1) is 12.5. The fraction of sp³-hybridized carbons (Fsp3) is 0.357. The molecule has 86 valence electrons. The van der Waals surface area contributed by atoms with Crippen molar-refractivity contribution in [3.63, 3.8) is 0 Å². The lowest BCUT2D eigenvalue weighted by atomic mass is 10.2.